The molecule has 4 rings (SSSR count). The van der Waals surface area contributed by atoms with Gasteiger partial charge in [-0.15, -0.1) is 0 Å². The predicted molar refractivity (Wildman–Crippen MR) is 101 cm³/mol. The Hall–Kier alpha value is -2.34. The number of aliphatic imine (C=N–C) groups is 1. The van der Waals surface area contributed by atoms with E-state index in [2.05, 4.69) is 10.3 Å². The molecule has 1 N–H and O–H groups in total. The molecule has 2 aliphatic rings. The SMILES string of the molecule is COC1=NCC(c2ccccc2)(S(=O)(=O)c2ccc3c(c2)CCCC3)N1. The maximum atomic E-state index is 13.7. The number of hydrogen-bond acceptors (Lipinski definition) is 5. The molecule has 2 aromatic rings. The van der Waals surface area contributed by atoms with Gasteiger partial charge in [-0.2, -0.15) is 0 Å². The van der Waals surface area contributed by atoms with E-state index in [1.807, 2.05) is 42.5 Å². The molecule has 2 aromatic carbocycles. The van der Waals surface area contributed by atoms with E-state index in [0.29, 0.717) is 10.5 Å². The lowest BCUT2D eigenvalue weighted by molar-refractivity contribution is 0.377. The van der Waals surface area contributed by atoms with Crippen LogP contribution in [-0.2, 0) is 32.3 Å². The van der Waals surface area contributed by atoms with Crippen molar-refractivity contribution in [3.8, 4) is 0 Å². The molecular formula is C20H22N2O3S. The van der Waals surface area contributed by atoms with E-state index < -0.39 is 14.7 Å². The number of fused-ring (bicyclic) bond motifs is 1. The van der Waals surface area contributed by atoms with Gasteiger partial charge >= 0.3 is 0 Å². The first-order valence-electron chi connectivity index (χ1n) is 8.85. The van der Waals surface area contributed by atoms with Crippen molar-refractivity contribution in [3.63, 3.8) is 0 Å². The molecule has 1 atom stereocenters. The van der Waals surface area contributed by atoms with Crippen LogP contribution in [-0.4, -0.2) is 28.1 Å². The smallest absolute Gasteiger partial charge is 0.286 e. The fraction of sp³-hybridized carbons (Fsp3) is 0.350. The molecule has 136 valence electrons. The van der Waals surface area contributed by atoms with Crippen molar-refractivity contribution in [2.75, 3.05) is 13.7 Å². The molecule has 26 heavy (non-hydrogen) atoms. The first-order chi connectivity index (χ1) is 12.6. The highest BCUT2D eigenvalue weighted by Gasteiger charge is 2.50. The van der Waals surface area contributed by atoms with Crippen LogP contribution in [0.1, 0.15) is 29.5 Å². The van der Waals surface area contributed by atoms with E-state index in [0.717, 1.165) is 24.8 Å². The van der Waals surface area contributed by atoms with E-state index in [4.69, 9.17) is 4.74 Å². The van der Waals surface area contributed by atoms with Gasteiger partial charge in [0.1, 0.15) is 0 Å². The molecule has 5 nitrogen and oxygen atoms in total. The Morgan fingerprint density at radius 1 is 1.04 bits per heavy atom. The van der Waals surface area contributed by atoms with Crippen molar-refractivity contribution < 1.29 is 13.2 Å². The number of nitrogens with one attached hydrogen (secondary N) is 1. The van der Waals surface area contributed by atoms with Crippen LogP contribution in [0.4, 0.5) is 0 Å². The number of nitrogens with zero attached hydrogens (tertiary/aromatic N) is 1. The fourth-order valence-electron chi connectivity index (χ4n) is 3.81. The summed E-state index contributed by atoms with van der Waals surface area (Å²) in [6.45, 7) is 0.0829. The average Bonchev–Trinajstić information content (AvgIpc) is 3.15. The topological polar surface area (TPSA) is 67.8 Å². The first-order valence-corrected chi connectivity index (χ1v) is 10.3. The summed E-state index contributed by atoms with van der Waals surface area (Å²) in [5.41, 5.74) is 3.07. The lowest BCUT2D eigenvalue weighted by atomic mass is 9.92. The molecule has 1 heterocycles. The number of ether oxygens (including phenoxy) is 1. The number of amidine groups is 1. The molecule has 0 saturated carbocycles. The zero-order valence-electron chi connectivity index (χ0n) is 14.7. The van der Waals surface area contributed by atoms with Crippen molar-refractivity contribution in [1.29, 1.82) is 0 Å². The predicted octanol–water partition coefficient (Wildman–Crippen LogP) is 2.80. The van der Waals surface area contributed by atoms with Gasteiger partial charge in [0, 0.05) is 0 Å². The number of methoxy groups -OCH3 is 1. The van der Waals surface area contributed by atoms with E-state index in [1.165, 1.54) is 19.1 Å². The van der Waals surface area contributed by atoms with Crippen molar-refractivity contribution in [2.45, 2.75) is 35.4 Å². The second-order valence-corrected chi connectivity index (χ2v) is 8.96. The number of aryl methyl sites for hydroxylation is 2. The van der Waals surface area contributed by atoms with Crippen LogP contribution < -0.4 is 5.32 Å². The van der Waals surface area contributed by atoms with Gasteiger partial charge in [-0.3, -0.25) is 0 Å². The Kier molecular flexibility index (Phi) is 4.23. The number of sulfone groups is 1. The lowest BCUT2D eigenvalue weighted by Crippen LogP contribution is -2.49. The maximum absolute atomic E-state index is 13.7. The summed E-state index contributed by atoms with van der Waals surface area (Å²) in [5, 5.41) is 3.03. The minimum atomic E-state index is -3.74. The monoisotopic (exact) mass is 370 g/mol. The highest BCUT2D eigenvalue weighted by atomic mass is 32.2. The summed E-state index contributed by atoms with van der Waals surface area (Å²) < 4.78 is 32.6. The van der Waals surface area contributed by atoms with Crippen molar-refractivity contribution in [2.24, 2.45) is 4.99 Å². The third-order valence-electron chi connectivity index (χ3n) is 5.28. The zero-order chi connectivity index (χ0) is 18.2. The lowest BCUT2D eigenvalue weighted by Gasteiger charge is -2.30. The molecule has 1 unspecified atom stereocenters. The summed E-state index contributed by atoms with van der Waals surface area (Å²) in [6.07, 6.45) is 4.23. The van der Waals surface area contributed by atoms with Crippen LogP contribution >= 0.6 is 0 Å². The third-order valence-corrected chi connectivity index (χ3v) is 7.54. The van der Waals surface area contributed by atoms with Gasteiger partial charge < -0.3 is 10.1 Å². The van der Waals surface area contributed by atoms with E-state index in [1.54, 1.807) is 6.07 Å². The molecular weight excluding hydrogens is 348 g/mol. The highest BCUT2D eigenvalue weighted by molar-refractivity contribution is 7.92. The summed E-state index contributed by atoms with van der Waals surface area (Å²) in [4.78, 5) is 3.26. The molecule has 1 aliphatic heterocycles. The van der Waals surface area contributed by atoms with Crippen molar-refractivity contribution in [3.05, 3.63) is 65.2 Å². The van der Waals surface area contributed by atoms with Crippen LogP contribution in [0.25, 0.3) is 0 Å². The number of hydrogen-bond donors (Lipinski definition) is 1. The Morgan fingerprint density at radius 3 is 2.46 bits per heavy atom. The minimum absolute atomic E-state index is 0.0829. The van der Waals surface area contributed by atoms with E-state index in [9.17, 15) is 8.42 Å². The van der Waals surface area contributed by atoms with E-state index in [-0.39, 0.29) is 12.6 Å². The van der Waals surface area contributed by atoms with Crippen molar-refractivity contribution in [1.82, 2.24) is 5.32 Å². The van der Waals surface area contributed by atoms with Gasteiger partial charge in [-0.1, -0.05) is 36.4 Å². The minimum Gasteiger partial charge on any atom is -0.469 e. The zero-order valence-corrected chi connectivity index (χ0v) is 15.6. The Morgan fingerprint density at radius 2 is 1.77 bits per heavy atom. The largest absolute Gasteiger partial charge is 0.469 e. The number of rotatable bonds is 3. The second kappa shape index (κ2) is 6.43. The van der Waals surface area contributed by atoms with Crippen LogP contribution in [0, 0.1) is 0 Å². The van der Waals surface area contributed by atoms with Gasteiger partial charge in [-0.25, -0.2) is 13.4 Å². The van der Waals surface area contributed by atoms with E-state index >= 15 is 0 Å². The van der Waals surface area contributed by atoms with Crippen LogP contribution in [0.5, 0.6) is 0 Å². The average molecular weight is 370 g/mol. The molecule has 0 fully saturated rings. The van der Waals surface area contributed by atoms with Crippen LogP contribution in [0.15, 0.2) is 58.4 Å². The van der Waals surface area contributed by atoms with Crippen LogP contribution in [0.3, 0.4) is 0 Å². The summed E-state index contributed by atoms with van der Waals surface area (Å²) in [7, 11) is -2.25. The first kappa shape index (κ1) is 17.1. The summed E-state index contributed by atoms with van der Waals surface area (Å²) >= 11 is 0. The maximum Gasteiger partial charge on any atom is 0.286 e. The fourth-order valence-corrected chi connectivity index (χ4v) is 5.66. The summed E-state index contributed by atoms with van der Waals surface area (Å²) in [6, 6.07) is 15.0. The Bertz CT molecular complexity index is 954. The molecule has 0 amide bonds. The standard InChI is InChI=1S/C20H22N2O3S/c1-25-19-21-14-20(22-19,17-9-3-2-4-10-17)26(23,24)18-12-11-15-7-5-6-8-16(15)13-18/h2-4,9-13H,5-8,14H2,1H3,(H,21,22). The van der Waals surface area contributed by atoms with Gasteiger partial charge in [0.2, 0.25) is 9.84 Å². The molecule has 0 radical (unpaired) electrons. The summed E-state index contributed by atoms with van der Waals surface area (Å²) in [5.74, 6) is 0. The van der Waals surface area contributed by atoms with Crippen molar-refractivity contribution >= 4 is 15.9 Å². The van der Waals surface area contributed by atoms with Gasteiger partial charge in [-0.05, 0) is 54.5 Å². The molecule has 0 bridgehead atoms. The second-order valence-electron chi connectivity index (χ2n) is 6.78. The van der Waals surface area contributed by atoms with Gasteiger partial charge in [0.05, 0.1) is 18.6 Å². The molecule has 0 aromatic heterocycles. The molecule has 1 aliphatic carbocycles. The molecule has 0 spiro atoms. The molecule has 0 saturated heterocycles. The van der Waals surface area contributed by atoms with Crippen LogP contribution in [0.2, 0.25) is 0 Å². The quantitative estimate of drug-likeness (QED) is 0.902. The third kappa shape index (κ3) is 2.60. The normalized spacial score (nSPS) is 22.3. The van der Waals surface area contributed by atoms with Gasteiger partial charge in [0.25, 0.3) is 6.02 Å². The Balaban J connectivity index is 1.83. The van der Waals surface area contributed by atoms with Gasteiger partial charge in [0.15, 0.2) is 4.87 Å². The highest BCUT2D eigenvalue weighted by Crippen LogP contribution is 2.37. The Labute approximate surface area is 154 Å². The number of benzene rings is 2. The molecule has 6 heteroatoms.